The standard InChI is InChI=1S/C19H31F2N3O3/c1-5-10-26-16-8-7-15(17(12-16)27-18(20)21)13-24-19(22-4)23-9-6-11-25-14(2)3/h7-8,12,14,18H,5-6,9-11,13H2,1-4H3,(H2,22,23,24). The minimum absolute atomic E-state index is 0.0897. The Hall–Kier alpha value is -2.09. The molecule has 0 amide bonds. The summed E-state index contributed by atoms with van der Waals surface area (Å²) >= 11 is 0. The van der Waals surface area contributed by atoms with Crippen LogP contribution in [0, 0.1) is 0 Å². The lowest BCUT2D eigenvalue weighted by Crippen LogP contribution is -2.37. The summed E-state index contributed by atoms with van der Waals surface area (Å²) in [7, 11) is 1.65. The fraction of sp³-hybridized carbons (Fsp3) is 0.632. The van der Waals surface area contributed by atoms with Crippen LogP contribution in [0.2, 0.25) is 0 Å². The fourth-order valence-electron chi connectivity index (χ4n) is 2.19. The van der Waals surface area contributed by atoms with Gasteiger partial charge >= 0.3 is 6.61 Å². The lowest BCUT2D eigenvalue weighted by atomic mass is 10.2. The number of nitrogens with one attached hydrogen (secondary N) is 2. The van der Waals surface area contributed by atoms with Crippen molar-refractivity contribution < 1.29 is 23.0 Å². The van der Waals surface area contributed by atoms with Crippen molar-refractivity contribution >= 4 is 5.96 Å². The van der Waals surface area contributed by atoms with Gasteiger partial charge in [-0.2, -0.15) is 8.78 Å². The van der Waals surface area contributed by atoms with Gasteiger partial charge in [-0.25, -0.2) is 0 Å². The minimum atomic E-state index is -2.90. The van der Waals surface area contributed by atoms with Crippen molar-refractivity contribution in [2.24, 2.45) is 4.99 Å². The molecule has 0 bridgehead atoms. The summed E-state index contributed by atoms with van der Waals surface area (Å²) in [5, 5.41) is 6.25. The summed E-state index contributed by atoms with van der Waals surface area (Å²) in [4.78, 5) is 4.12. The first-order valence-corrected chi connectivity index (χ1v) is 9.22. The van der Waals surface area contributed by atoms with Gasteiger partial charge in [0.05, 0.1) is 12.7 Å². The molecule has 6 nitrogen and oxygen atoms in total. The highest BCUT2D eigenvalue weighted by Gasteiger charge is 2.12. The van der Waals surface area contributed by atoms with Gasteiger partial charge in [0.2, 0.25) is 0 Å². The number of rotatable bonds is 12. The average Bonchev–Trinajstić information content (AvgIpc) is 2.62. The molecule has 8 heteroatoms. The van der Waals surface area contributed by atoms with Gasteiger partial charge in [-0.15, -0.1) is 0 Å². The zero-order chi connectivity index (χ0) is 20.1. The Kier molecular flexibility index (Phi) is 11.2. The van der Waals surface area contributed by atoms with Crippen molar-refractivity contribution in [2.45, 2.75) is 52.9 Å². The normalized spacial score (nSPS) is 11.8. The highest BCUT2D eigenvalue weighted by atomic mass is 19.3. The lowest BCUT2D eigenvalue weighted by Gasteiger charge is -2.16. The second kappa shape index (κ2) is 13.1. The Morgan fingerprint density at radius 1 is 1.19 bits per heavy atom. The van der Waals surface area contributed by atoms with Gasteiger partial charge in [0.25, 0.3) is 0 Å². The van der Waals surface area contributed by atoms with E-state index in [1.54, 1.807) is 19.2 Å². The quantitative estimate of drug-likeness (QED) is 0.326. The van der Waals surface area contributed by atoms with E-state index in [-0.39, 0.29) is 18.4 Å². The van der Waals surface area contributed by atoms with Crippen LogP contribution in [0.25, 0.3) is 0 Å². The number of hydrogen-bond donors (Lipinski definition) is 2. The zero-order valence-corrected chi connectivity index (χ0v) is 16.6. The fourth-order valence-corrected chi connectivity index (χ4v) is 2.19. The van der Waals surface area contributed by atoms with E-state index in [0.29, 0.717) is 37.0 Å². The van der Waals surface area contributed by atoms with Gasteiger partial charge in [0.15, 0.2) is 5.96 Å². The molecule has 1 aromatic rings. The molecule has 0 atom stereocenters. The lowest BCUT2D eigenvalue weighted by molar-refractivity contribution is -0.0505. The summed E-state index contributed by atoms with van der Waals surface area (Å²) in [6.07, 6.45) is 1.88. The summed E-state index contributed by atoms with van der Waals surface area (Å²) in [6, 6.07) is 4.93. The second-order valence-electron chi connectivity index (χ2n) is 6.12. The van der Waals surface area contributed by atoms with Crippen LogP contribution in [-0.4, -0.2) is 45.5 Å². The van der Waals surface area contributed by atoms with Gasteiger partial charge in [-0.05, 0) is 38.8 Å². The summed E-state index contributed by atoms with van der Waals surface area (Å²) < 4.78 is 41.0. The zero-order valence-electron chi connectivity index (χ0n) is 16.6. The van der Waals surface area contributed by atoms with Crippen LogP contribution < -0.4 is 20.1 Å². The molecular formula is C19H31F2N3O3. The highest BCUT2D eigenvalue weighted by Crippen LogP contribution is 2.26. The van der Waals surface area contributed by atoms with Gasteiger partial charge in [0, 0.05) is 38.4 Å². The van der Waals surface area contributed by atoms with E-state index in [1.165, 1.54) is 6.07 Å². The predicted octanol–water partition coefficient (Wildman–Crippen LogP) is 3.56. The molecule has 1 rings (SSSR count). The number of hydrogen-bond acceptors (Lipinski definition) is 4. The highest BCUT2D eigenvalue weighted by molar-refractivity contribution is 5.79. The smallest absolute Gasteiger partial charge is 0.387 e. The largest absolute Gasteiger partial charge is 0.493 e. The Balaban J connectivity index is 2.59. The van der Waals surface area contributed by atoms with Crippen LogP contribution in [0.1, 0.15) is 39.2 Å². The molecule has 0 radical (unpaired) electrons. The van der Waals surface area contributed by atoms with Crippen LogP contribution >= 0.6 is 0 Å². The molecule has 0 aromatic heterocycles. The summed E-state index contributed by atoms with van der Waals surface area (Å²) in [5.74, 6) is 1.17. The maximum absolute atomic E-state index is 12.7. The van der Waals surface area contributed by atoms with Crippen LogP contribution in [0.3, 0.4) is 0 Å². The molecule has 0 fully saturated rings. The van der Waals surface area contributed by atoms with Crippen molar-refractivity contribution in [3.63, 3.8) is 0 Å². The first-order valence-electron chi connectivity index (χ1n) is 9.22. The number of halogens is 2. The molecule has 0 heterocycles. The molecule has 1 aromatic carbocycles. The first kappa shape index (κ1) is 23.0. The van der Waals surface area contributed by atoms with Crippen LogP contribution in [0.4, 0.5) is 8.78 Å². The molecule has 0 unspecified atom stereocenters. The summed E-state index contributed by atoms with van der Waals surface area (Å²) in [5.41, 5.74) is 0.588. The van der Waals surface area contributed by atoms with Crippen molar-refractivity contribution in [1.29, 1.82) is 0 Å². The number of aliphatic imine (C=N–C) groups is 1. The van der Waals surface area contributed by atoms with E-state index < -0.39 is 6.61 Å². The number of ether oxygens (including phenoxy) is 3. The van der Waals surface area contributed by atoms with E-state index in [0.717, 1.165) is 12.8 Å². The van der Waals surface area contributed by atoms with Crippen LogP contribution in [0.15, 0.2) is 23.2 Å². The SMILES string of the molecule is CCCOc1ccc(CNC(=NC)NCCCOC(C)C)c(OC(F)F)c1. The summed E-state index contributed by atoms with van der Waals surface area (Å²) in [6.45, 7) is 5.22. The third-order valence-corrected chi connectivity index (χ3v) is 3.46. The van der Waals surface area contributed by atoms with Gasteiger partial charge < -0.3 is 24.8 Å². The van der Waals surface area contributed by atoms with Crippen molar-refractivity contribution in [1.82, 2.24) is 10.6 Å². The third-order valence-electron chi connectivity index (χ3n) is 3.46. The van der Waals surface area contributed by atoms with E-state index in [1.807, 2.05) is 20.8 Å². The minimum Gasteiger partial charge on any atom is -0.493 e. The van der Waals surface area contributed by atoms with Crippen molar-refractivity contribution in [2.75, 3.05) is 26.8 Å². The average molecular weight is 387 g/mol. The Morgan fingerprint density at radius 2 is 1.96 bits per heavy atom. The molecule has 2 N–H and O–H groups in total. The van der Waals surface area contributed by atoms with E-state index in [9.17, 15) is 8.78 Å². The van der Waals surface area contributed by atoms with E-state index in [2.05, 4.69) is 20.4 Å². The number of alkyl halides is 2. The first-order chi connectivity index (χ1) is 13.0. The molecular weight excluding hydrogens is 356 g/mol. The monoisotopic (exact) mass is 387 g/mol. The third kappa shape index (κ3) is 9.98. The molecule has 0 saturated heterocycles. The van der Waals surface area contributed by atoms with Crippen molar-refractivity contribution in [3.8, 4) is 11.5 Å². The molecule has 27 heavy (non-hydrogen) atoms. The molecule has 0 aliphatic carbocycles. The maximum atomic E-state index is 12.7. The maximum Gasteiger partial charge on any atom is 0.387 e. The molecule has 0 saturated carbocycles. The molecule has 0 aliphatic heterocycles. The number of guanidine groups is 1. The van der Waals surface area contributed by atoms with E-state index in [4.69, 9.17) is 9.47 Å². The van der Waals surface area contributed by atoms with Gasteiger partial charge in [-0.3, -0.25) is 4.99 Å². The van der Waals surface area contributed by atoms with Gasteiger partial charge in [-0.1, -0.05) is 6.92 Å². The van der Waals surface area contributed by atoms with Gasteiger partial charge in [0.1, 0.15) is 11.5 Å². The Labute approximate surface area is 160 Å². The Bertz CT molecular complexity index is 569. The second-order valence-corrected chi connectivity index (χ2v) is 6.12. The molecule has 154 valence electrons. The number of nitrogens with zero attached hydrogens (tertiary/aromatic N) is 1. The number of benzene rings is 1. The topological polar surface area (TPSA) is 64.1 Å². The predicted molar refractivity (Wildman–Crippen MR) is 103 cm³/mol. The molecule has 0 aliphatic rings. The van der Waals surface area contributed by atoms with Crippen molar-refractivity contribution in [3.05, 3.63) is 23.8 Å². The molecule has 0 spiro atoms. The Morgan fingerprint density at radius 3 is 2.59 bits per heavy atom. The van der Waals surface area contributed by atoms with Crippen LogP contribution in [0.5, 0.6) is 11.5 Å². The van der Waals surface area contributed by atoms with E-state index >= 15 is 0 Å². The van der Waals surface area contributed by atoms with Crippen LogP contribution in [-0.2, 0) is 11.3 Å².